The molecule has 2 aliphatic rings. The maximum atomic E-state index is 4.30. The van der Waals surface area contributed by atoms with E-state index in [1.165, 1.54) is 56.7 Å². The Morgan fingerprint density at radius 1 is 1.26 bits per heavy atom. The quantitative estimate of drug-likeness (QED) is 0.920. The van der Waals surface area contributed by atoms with Crippen LogP contribution in [0.1, 0.15) is 44.7 Å². The van der Waals surface area contributed by atoms with Crippen molar-refractivity contribution in [2.75, 3.05) is 25.0 Å². The highest BCUT2D eigenvalue weighted by molar-refractivity contribution is 7.10. The van der Waals surface area contributed by atoms with Crippen LogP contribution >= 0.6 is 11.5 Å². The topological polar surface area (TPSA) is 41.1 Å². The van der Waals surface area contributed by atoms with E-state index < -0.39 is 0 Å². The van der Waals surface area contributed by atoms with Gasteiger partial charge in [-0.1, -0.05) is 23.8 Å². The predicted octanol–water partition coefficient (Wildman–Crippen LogP) is 2.98. The van der Waals surface area contributed by atoms with Crippen molar-refractivity contribution >= 4 is 16.5 Å². The number of anilines is 1. The molecular weight excluding hydrogens is 256 g/mol. The Morgan fingerprint density at radius 2 is 2.11 bits per heavy atom. The minimum absolute atomic E-state index is 0.941. The second-order valence-corrected chi connectivity index (χ2v) is 6.66. The summed E-state index contributed by atoms with van der Waals surface area (Å²) in [5.74, 6) is 1.95. The van der Waals surface area contributed by atoms with Crippen molar-refractivity contribution in [3.63, 3.8) is 0 Å². The number of hydrogen-bond donors (Lipinski definition) is 1. The molecule has 1 N–H and O–H groups in total. The smallest absolute Gasteiger partial charge is 0.134 e. The Balaban J connectivity index is 1.59. The Hall–Kier alpha value is -0.680. The normalized spacial score (nSPS) is 28.1. The first-order chi connectivity index (χ1) is 9.36. The third-order valence-electron chi connectivity index (χ3n) is 4.64. The van der Waals surface area contributed by atoms with Gasteiger partial charge in [-0.25, -0.2) is 0 Å². The number of rotatable bonds is 4. The fourth-order valence-electron chi connectivity index (χ4n) is 3.64. The average molecular weight is 280 g/mol. The summed E-state index contributed by atoms with van der Waals surface area (Å²) in [7, 11) is 0. The SMILES string of the molecule is CCNc1snnc1CN1CCC2CCCCC2C1. The lowest BCUT2D eigenvalue weighted by Crippen LogP contribution is -2.41. The van der Waals surface area contributed by atoms with Gasteiger partial charge in [-0.05, 0) is 38.1 Å². The van der Waals surface area contributed by atoms with Crippen LogP contribution in [0.3, 0.4) is 0 Å². The lowest BCUT2D eigenvalue weighted by Gasteiger charge is -2.41. The van der Waals surface area contributed by atoms with E-state index in [9.17, 15) is 0 Å². The van der Waals surface area contributed by atoms with Crippen molar-refractivity contribution in [3.8, 4) is 0 Å². The van der Waals surface area contributed by atoms with Gasteiger partial charge in [-0.3, -0.25) is 4.90 Å². The van der Waals surface area contributed by atoms with Crippen LogP contribution in [0.4, 0.5) is 5.00 Å². The molecule has 3 rings (SSSR count). The molecule has 0 radical (unpaired) electrons. The van der Waals surface area contributed by atoms with E-state index in [4.69, 9.17) is 0 Å². The first kappa shape index (κ1) is 13.3. The number of hydrogen-bond acceptors (Lipinski definition) is 5. The van der Waals surface area contributed by atoms with E-state index in [1.54, 1.807) is 0 Å². The lowest BCUT2D eigenvalue weighted by molar-refractivity contribution is 0.0813. The average Bonchev–Trinajstić information content (AvgIpc) is 2.86. The molecule has 1 saturated carbocycles. The van der Waals surface area contributed by atoms with Crippen LogP contribution in [0.25, 0.3) is 0 Å². The maximum Gasteiger partial charge on any atom is 0.134 e. The highest BCUT2D eigenvalue weighted by Crippen LogP contribution is 2.36. The second kappa shape index (κ2) is 6.18. The van der Waals surface area contributed by atoms with E-state index in [2.05, 4.69) is 26.7 Å². The van der Waals surface area contributed by atoms with Gasteiger partial charge in [0.05, 0.1) is 0 Å². The van der Waals surface area contributed by atoms with Crippen LogP contribution < -0.4 is 5.32 Å². The van der Waals surface area contributed by atoms with Gasteiger partial charge in [0.2, 0.25) is 0 Å². The van der Waals surface area contributed by atoms with Gasteiger partial charge < -0.3 is 5.32 Å². The van der Waals surface area contributed by atoms with Crippen LogP contribution in [0.5, 0.6) is 0 Å². The molecule has 2 fully saturated rings. The second-order valence-electron chi connectivity index (χ2n) is 5.91. The number of likely N-dealkylation sites (tertiary alicyclic amines) is 1. The Morgan fingerprint density at radius 3 is 2.95 bits per heavy atom. The standard InChI is InChI=1S/C14H24N4S/c1-2-15-14-13(16-17-19-14)10-18-8-7-11-5-3-4-6-12(11)9-18/h11-12,15H,2-10H2,1H3. The summed E-state index contributed by atoms with van der Waals surface area (Å²) in [6, 6.07) is 0. The molecule has 0 amide bonds. The van der Waals surface area contributed by atoms with Crippen molar-refractivity contribution in [2.45, 2.75) is 45.6 Å². The number of fused-ring (bicyclic) bond motifs is 1. The summed E-state index contributed by atoms with van der Waals surface area (Å²) in [6.45, 7) is 6.55. The Labute approximate surface area is 119 Å². The molecule has 4 nitrogen and oxygen atoms in total. The third-order valence-corrected chi connectivity index (χ3v) is 5.37. The molecule has 1 aromatic rings. The highest BCUT2D eigenvalue weighted by Gasteiger charge is 2.31. The molecule has 106 valence electrons. The summed E-state index contributed by atoms with van der Waals surface area (Å²) in [4.78, 5) is 2.59. The summed E-state index contributed by atoms with van der Waals surface area (Å²) in [5, 5.41) is 8.83. The van der Waals surface area contributed by atoms with Crippen molar-refractivity contribution in [1.82, 2.24) is 14.5 Å². The molecule has 1 aliphatic carbocycles. The summed E-state index contributed by atoms with van der Waals surface area (Å²) >= 11 is 1.49. The summed E-state index contributed by atoms with van der Waals surface area (Å²) < 4.78 is 4.09. The van der Waals surface area contributed by atoms with Gasteiger partial charge in [0.1, 0.15) is 10.7 Å². The molecule has 0 spiro atoms. The van der Waals surface area contributed by atoms with Gasteiger partial charge >= 0.3 is 0 Å². The highest BCUT2D eigenvalue weighted by atomic mass is 32.1. The third kappa shape index (κ3) is 3.08. The molecule has 1 saturated heterocycles. The molecule has 19 heavy (non-hydrogen) atoms. The lowest BCUT2D eigenvalue weighted by atomic mass is 9.75. The zero-order valence-electron chi connectivity index (χ0n) is 11.8. The molecule has 2 atom stereocenters. The molecule has 0 bridgehead atoms. The van der Waals surface area contributed by atoms with E-state index in [0.717, 1.165) is 35.6 Å². The monoisotopic (exact) mass is 280 g/mol. The van der Waals surface area contributed by atoms with Crippen LogP contribution in [-0.4, -0.2) is 34.1 Å². The van der Waals surface area contributed by atoms with E-state index in [1.807, 2.05) is 0 Å². The van der Waals surface area contributed by atoms with Gasteiger partial charge in [0.15, 0.2) is 0 Å². The summed E-state index contributed by atoms with van der Waals surface area (Å²) in [6.07, 6.45) is 7.20. The van der Waals surface area contributed by atoms with E-state index >= 15 is 0 Å². The number of nitrogens with one attached hydrogen (secondary N) is 1. The summed E-state index contributed by atoms with van der Waals surface area (Å²) in [5.41, 5.74) is 1.14. The van der Waals surface area contributed by atoms with Crippen molar-refractivity contribution in [2.24, 2.45) is 11.8 Å². The fraction of sp³-hybridized carbons (Fsp3) is 0.857. The predicted molar refractivity (Wildman–Crippen MR) is 79.4 cm³/mol. The molecule has 2 unspecified atom stereocenters. The fourth-order valence-corrected chi connectivity index (χ4v) is 4.28. The minimum atomic E-state index is 0.941. The molecule has 2 heterocycles. The zero-order chi connectivity index (χ0) is 13.1. The van der Waals surface area contributed by atoms with Crippen LogP contribution in [0.2, 0.25) is 0 Å². The molecule has 0 aromatic carbocycles. The van der Waals surface area contributed by atoms with Crippen molar-refractivity contribution < 1.29 is 0 Å². The maximum absolute atomic E-state index is 4.30. The van der Waals surface area contributed by atoms with Gasteiger partial charge in [-0.2, -0.15) is 0 Å². The van der Waals surface area contributed by atoms with E-state index in [0.29, 0.717) is 0 Å². The van der Waals surface area contributed by atoms with Gasteiger partial charge in [0.25, 0.3) is 0 Å². The minimum Gasteiger partial charge on any atom is -0.374 e. The number of nitrogens with zero attached hydrogens (tertiary/aromatic N) is 3. The van der Waals surface area contributed by atoms with Crippen LogP contribution in [0.15, 0.2) is 0 Å². The first-order valence-electron chi connectivity index (χ1n) is 7.64. The Bertz CT molecular complexity index is 406. The largest absolute Gasteiger partial charge is 0.374 e. The zero-order valence-corrected chi connectivity index (χ0v) is 12.6. The Kier molecular flexibility index (Phi) is 4.33. The van der Waals surface area contributed by atoms with Crippen molar-refractivity contribution in [3.05, 3.63) is 5.69 Å². The molecular formula is C14H24N4S. The van der Waals surface area contributed by atoms with Crippen LogP contribution in [0, 0.1) is 11.8 Å². The van der Waals surface area contributed by atoms with E-state index in [-0.39, 0.29) is 0 Å². The van der Waals surface area contributed by atoms with Gasteiger partial charge in [0, 0.05) is 31.2 Å². The molecule has 5 heteroatoms. The number of piperidine rings is 1. The van der Waals surface area contributed by atoms with Crippen LogP contribution in [-0.2, 0) is 6.54 Å². The van der Waals surface area contributed by atoms with Gasteiger partial charge in [-0.15, -0.1) is 5.10 Å². The first-order valence-corrected chi connectivity index (χ1v) is 8.41. The van der Waals surface area contributed by atoms with Crippen molar-refractivity contribution in [1.29, 1.82) is 0 Å². The number of aromatic nitrogens is 2. The molecule has 1 aromatic heterocycles. The molecule has 1 aliphatic heterocycles.